The number of nitrogens with one attached hydrogen (secondary N) is 1. The second-order valence-electron chi connectivity index (χ2n) is 5.27. The Morgan fingerprint density at radius 3 is 2.80 bits per heavy atom. The van der Waals surface area contributed by atoms with Crippen LogP contribution in [0.2, 0.25) is 0 Å². The number of carboxylic acid groups (broad SMARTS) is 1. The lowest BCUT2D eigenvalue weighted by Gasteiger charge is -2.07. The Bertz CT molecular complexity index is 671. The highest BCUT2D eigenvalue weighted by Crippen LogP contribution is 2.27. The van der Waals surface area contributed by atoms with E-state index < -0.39 is 5.97 Å². The number of benzene rings is 1. The van der Waals surface area contributed by atoms with E-state index in [1.54, 1.807) is 18.2 Å². The molecular weight excluding hydrogens is 256 g/mol. The maximum Gasteiger partial charge on any atom is 0.335 e. The number of carbonyl (C=O) groups excluding carboxylic acids is 1. The first kappa shape index (κ1) is 12.7. The van der Waals surface area contributed by atoms with Crippen molar-refractivity contribution in [1.82, 2.24) is 9.88 Å². The lowest BCUT2D eigenvalue weighted by Crippen LogP contribution is -2.29. The highest BCUT2D eigenvalue weighted by Gasteiger charge is 2.21. The Kier molecular flexibility index (Phi) is 3.18. The normalized spacial score (nSPS) is 14.4. The third-order valence-corrected chi connectivity index (χ3v) is 3.62. The zero-order valence-corrected chi connectivity index (χ0v) is 11.0. The van der Waals surface area contributed by atoms with Gasteiger partial charge in [-0.1, -0.05) is 0 Å². The predicted octanol–water partition coefficient (Wildman–Crippen LogP) is 1.87. The van der Waals surface area contributed by atoms with Crippen LogP contribution in [0.15, 0.2) is 30.5 Å². The molecule has 1 fully saturated rings. The average Bonchev–Trinajstić information content (AvgIpc) is 3.18. The molecule has 0 atom stereocenters. The van der Waals surface area contributed by atoms with Crippen molar-refractivity contribution in [1.29, 1.82) is 0 Å². The summed E-state index contributed by atoms with van der Waals surface area (Å²) in [6, 6.07) is 6.75. The molecule has 1 aromatic heterocycles. The molecule has 0 bridgehead atoms. The molecule has 0 spiro atoms. The number of amides is 1. The Labute approximate surface area is 116 Å². The lowest BCUT2D eigenvalue weighted by molar-refractivity contribution is -0.121. The molecule has 5 heteroatoms. The fraction of sp³-hybridized carbons (Fsp3) is 0.333. The molecule has 0 aliphatic heterocycles. The molecule has 104 valence electrons. The topological polar surface area (TPSA) is 71.3 Å². The summed E-state index contributed by atoms with van der Waals surface area (Å²) >= 11 is 0. The lowest BCUT2D eigenvalue weighted by atomic mass is 10.1. The zero-order valence-electron chi connectivity index (χ0n) is 11.0. The number of nitrogens with zero attached hydrogens (tertiary/aromatic N) is 1. The molecule has 0 unspecified atom stereocenters. The SMILES string of the molecule is O=C(Cn1ccc2cc(C(=O)O)ccc21)NCC1CC1. The van der Waals surface area contributed by atoms with Crippen molar-refractivity contribution in [3.05, 3.63) is 36.0 Å². The van der Waals surface area contributed by atoms with Gasteiger partial charge in [0.05, 0.1) is 5.56 Å². The van der Waals surface area contributed by atoms with Gasteiger partial charge in [0.25, 0.3) is 0 Å². The number of carboxylic acids is 1. The number of carbonyl (C=O) groups is 2. The highest BCUT2D eigenvalue weighted by molar-refractivity contribution is 5.94. The van der Waals surface area contributed by atoms with Crippen molar-refractivity contribution in [2.24, 2.45) is 5.92 Å². The van der Waals surface area contributed by atoms with Gasteiger partial charge in [-0.3, -0.25) is 4.79 Å². The molecule has 1 aliphatic carbocycles. The molecule has 1 saturated carbocycles. The largest absolute Gasteiger partial charge is 0.478 e. The fourth-order valence-corrected chi connectivity index (χ4v) is 2.26. The Morgan fingerprint density at radius 1 is 1.30 bits per heavy atom. The molecule has 2 N–H and O–H groups in total. The Morgan fingerprint density at radius 2 is 2.10 bits per heavy atom. The third kappa shape index (κ3) is 2.66. The molecule has 1 heterocycles. The van der Waals surface area contributed by atoms with Gasteiger partial charge < -0.3 is 15.0 Å². The molecule has 3 rings (SSSR count). The fourth-order valence-electron chi connectivity index (χ4n) is 2.26. The summed E-state index contributed by atoms with van der Waals surface area (Å²) in [6.07, 6.45) is 4.24. The molecule has 1 aromatic carbocycles. The minimum atomic E-state index is -0.943. The van der Waals surface area contributed by atoms with Crippen LogP contribution in [0.3, 0.4) is 0 Å². The first-order valence-electron chi connectivity index (χ1n) is 6.72. The van der Waals surface area contributed by atoms with E-state index in [9.17, 15) is 9.59 Å². The molecule has 2 aromatic rings. The van der Waals surface area contributed by atoms with Gasteiger partial charge in [-0.2, -0.15) is 0 Å². The van der Waals surface area contributed by atoms with Gasteiger partial charge in [-0.15, -0.1) is 0 Å². The van der Waals surface area contributed by atoms with Crippen LogP contribution in [-0.2, 0) is 11.3 Å². The number of fused-ring (bicyclic) bond motifs is 1. The summed E-state index contributed by atoms with van der Waals surface area (Å²) in [5.74, 6) is -0.281. The minimum Gasteiger partial charge on any atom is -0.478 e. The molecule has 5 nitrogen and oxygen atoms in total. The van der Waals surface area contributed by atoms with Gasteiger partial charge in [0.2, 0.25) is 5.91 Å². The smallest absolute Gasteiger partial charge is 0.335 e. The minimum absolute atomic E-state index is 0.00305. The van der Waals surface area contributed by atoms with Crippen LogP contribution in [0.5, 0.6) is 0 Å². The second-order valence-corrected chi connectivity index (χ2v) is 5.27. The molecule has 0 saturated heterocycles. The maximum atomic E-state index is 11.8. The number of aromatic carboxylic acids is 1. The van der Waals surface area contributed by atoms with E-state index in [1.807, 2.05) is 16.8 Å². The van der Waals surface area contributed by atoms with Crippen molar-refractivity contribution < 1.29 is 14.7 Å². The number of aromatic nitrogens is 1. The van der Waals surface area contributed by atoms with Gasteiger partial charge in [0.1, 0.15) is 6.54 Å². The van der Waals surface area contributed by atoms with Gasteiger partial charge >= 0.3 is 5.97 Å². The van der Waals surface area contributed by atoms with Gasteiger partial charge in [-0.25, -0.2) is 4.79 Å². The van der Waals surface area contributed by atoms with E-state index in [2.05, 4.69) is 5.32 Å². The number of hydrogen-bond donors (Lipinski definition) is 2. The van der Waals surface area contributed by atoms with Crippen LogP contribution in [0.1, 0.15) is 23.2 Å². The standard InChI is InChI=1S/C15H16N2O3/c18-14(16-8-10-1-2-10)9-17-6-5-11-7-12(15(19)20)3-4-13(11)17/h3-7,10H,1-2,8-9H2,(H,16,18)(H,19,20). The molecular formula is C15H16N2O3. The summed E-state index contributed by atoms with van der Waals surface area (Å²) in [5, 5.41) is 12.7. The van der Waals surface area contributed by atoms with E-state index in [0.29, 0.717) is 5.92 Å². The molecule has 1 aliphatic rings. The van der Waals surface area contributed by atoms with Crippen LogP contribution < -0.4 is 5.32 Å². The van der Waals surface area contributed by atoms with Crippen LogP contribution in [0.4, 0.5) is 0 Å². The van der Waals surface area contributed by atoms with E-state index in [-0.39, 0.29) is 18.0 Å². The van der Waals surface area contributed by atoms with Crippen LogP contribution in [-0.4, -0.2) is 28.1 Å². The van der Waals surface area contributed by atoms with Crippen molar-refractivity contribution in [3.8, 4) is 0 Å². The summed E-state index contributed by atoms with van der Waals surface area (Å²) in [4.78, 5) is 22.7. The predicted molar refractivity (Wildman–Crippen MR) is 74.6 cm³/mol. The van der Waals surface area contributed by atoms with Crippen LogP contribution in [0, 0.1) is 5.92 Å². The monoisotopic (exact) mass is 272 g/mol. The van der Waals surface area contributed by atoms with E-state index in [4.69, 9.17) is 5.11 Å². The van der Waals surface area contributed by atoms with Crippen molar-refractivity contribution in [2.75, 3.05) is 6.54 Å². The highest BCUT2D eigenvalue weighted by atomic mass is 16.4. The third-order valence-electron chi connectivity index (χ3n) is 3.62. The van der Waals surface area contributed by atoms with E-state index >= 15 is 0 Å². The molecule has 1 amide bonds. The quantitative estimate of drug-likeness (QED) is 0.872. The molecule has 20 heavy (non-hydrogen) atoms. The summed E-state index contributed by atoms with van der Waals surface area (Å²) in [6.45, 7) is 1.03. The maximum absolute atomic E-state index is 11.8. The second kappa shape index (κ2) is 5.00. The number of rotatable bonds is 5. The zero-order chi connectivity index (χ0) is 14.1. The van der Waals surface area contributed by atoms with E-state index in [0.717, 1.165) is 17.4 Å². The Hall–Kier alpha value is -2.30. The Balaban J connectivity index is 1.74. The van der Waals surface area contributed by atoms with Crippen molar-refractivity contribution in [2.45, 2.75) is 19.4 Å². The summed E-state index contributed by atoms with van der Waals surface area (Å²) in [5.41, 5.74) is 1.13. The first-order valence-corrected chi connectivity index (χ1v) is 6.72. The van der Waals surface area contributed by atoms with Gasteiger partial charge in [0.15, 0.2) is 0 Å². The summed E-state index contributed by atoms with van der Waals surface area (Å²) < 4.78 is 1.84. The van der Waals surface area contributed by atoms with Gasteiger partial charge in [0, 0.05) is 23.6 Å². The summed E-state index contributed by atoms with van der Waals surface area (Å²) in [7, 11) is 0. The first-order chi connectivity index (χ1) is 9.63. The average molecular weight is 272 g/mol. The number of hydrogen-bond acceptors (Lipinski definition) is 2. The van der Waals surface area contributed by atoms with Crippen molar-refractivity contribution >= 4 is 22.8 Å². The van der Waals surface area contributed by atoms with Crippen LogP contribution >= 0.6 is 0 Å². The van der Waals surface area contributed by atoms with Crippen LogP contribution in [0.25, 0.3) is 10.9 Å². The molecule has 0 radical (unpaired) electrons. The van der Waals surface area contributed by atoms with Crippen molar-refractivity contribution in [3.63, 3.8) is 0 Å². The van der Waals surface area contributed by atoms with Gasteiger partial charge in [-0.05, 0) is 43.0 Å². The van der Waals surface area contributed by atoms with E-state index in [1.165, 1.54) is 12.8 Å².